The fourth-order valence-electron chi connectivity index (χ4n) is 0.118. The molecule has 0 fully saturated rings. The van der Waals surface area contributed by atoms with Crippen LogP contribution >= 0.6 is 0 Å². The Labute approximate surface area is 42.3 Å². The lowest BCUT2D eigenvalue weighted by atomic mass is 10.9. The Bertz CT molecular complexity index is 126. The summed E-state index contributed by atoms with van der Waals surface area (Å²) in [6, 6.07) is 0. The summed E-state index contributed by atoms with van der Waals surface area (Å²) >= 11 is 0. The third-order valence-electron chi connectivity index (χ3n) is 0.388. The molecule has 0 aromatic rings. The van der Waals surface area contributed by atoms with Crippen molar-refractivity contribution in [2.24, 2.45) is 0 Å². The fourth-order valence-corrected chi connectivity index (χ4v) is 0.353. The molecule has 0 amide bonds. The lowest BCUT2D eigenvalue weighted by Gasteiger charge is -1.84. The second-order valence-corrected chi connectivity index (χ2v) is 3.03. The number of halogens is 1. The maximum Gasteiger partial charge on any atom is 0.153 e. The van der Waals surface area contributed by atoms with Crippen molar-refractivity contribution in [1.82, 2.24) is 0 Å². The summed E-state index contributed by atoms with van der Waals surface area (Å²) in [6.07, 6.45) is 2.69. The van der Waals surface area contributed by atoms with Gasteiger partial charge in [0.1, 0.15) is 6.67 Å². The maximum atomic E-state index is 11.1. The molecule has 0 rings (SSSR count). The van der Waals surface area contributed by atoms with Gasteiger partial charge in [0.2, 0.25) is 0 Å². The molecule has 0 unspecified atom stereocenters. The third-order valence-corrected chi connectivity index (χ3v) is 1.16. The summed E-state index contributed by atoms with van der Waals surface area (Å²) in [5.41, 5.74) is 0. The first-order valence-electron chi connectivity index (χ1n) is 1.68. The zero-order valence-electron chi connectivity index (χ0n) is 3.72. The summed E-state index contributed by atoms with van der Waals surface area (Å²) in [6.45, 7) is -0.841. The van der Waals surface area contributed by atoms with E-state index < -0.39 is 22.3 Å². The van der Waals surface area contributed by atoms with E-state index in [9.17, 15) is 12.8 Å². The summed E-state index contributed by atoms with van der Waals surface area (Å²) in [5, 5.41) is 0. The molecule has 0 aromatic carbocycles. The predicted octanol–water partition coefficient (Wildman–Crippen LogP) is 0.162. The monoisotopic (exact) mass is 125 g/mol. The molecule has 0 spiro atoms. The molecule has 0 aliphatic carbocycles. The molecule has 1 radical (unpaired) electrons. The first-order valence-corrected chi connectivity index (χ1v) is 3.50. The number of alkyl halides is 1. The van der Waals surface area contributed by atoms with Crippen LogP contribution in [0, 0.1) is 6.26 Å². The summed E-state index contributed by atoms with van der Waals surface area (Å²) in [5.74, 6) is -0.465. The molecule has 0 aliphatic heterocycles. The highest BCUT2D eigenvalue weighted by Crippen LogP contribution is 1.83. The Kier molecular flexibility index (Phi) is 2.22. The van der Waals surface area contributed by atoms with Gasteiger partial charge in [0, 0.05) is 0 Å². The van der Waals surface area contributed by atoms with Crippen LogP contribution in [0.2, 0.25) is 0 Å². The minimum Gasteiger partial charge on any atom is -0.250 e. The highest BCUT2D eigenvalue weighted by molar-refractivity contribution is 7.92. The van der Waals surface area contributed by atoms with Crippen LogP contribution in [0.25, 0.3) is 0 Å². The van der Waals surface area contributed by atoms with E-state index in [0.717, 1.165) is 0 Å². The molecule has 0 atom stereocenters. The van der Waals surface area contributed by atoms with Crippen LogP contribution in [0.5, 0.6) is 0 Å². The van der Waals surface area contributed by atoms with Crippen molar-refractivity contribution in [2.45, 2.75) is 0 Å². The van der Waals surface area contributed by atoms with Gasteiger partial charge in [0.05, 0.1) is 12.0 Å². The minimum atomic E-state index is -3.30. The van der Waals surface area contributed by atoms with E-state index in [0.29, 0.717) is 0 Å². The Morgan fingerprint density at radius 2 is 2.00 bits per heavy atom. The second-order valence-electron chi connectivity index (χ2n) is 1.14. The zero-order chi connectivity index (χ0) is 5.91. The molecule has 0 saturated heterocycles. The van der Waals surface area contributed by atoms with Gasteiger partial charge in [-0.3, -0.25) is 0 Å². The SMILES string of the molecule is [CH2]S(=O)(=O)CCF. The van der Waals surface area contributed by atoms with Crippen LogP contribution in [-0.4, -0.2) is 20.8 Å². The molecular weight excluding hydrogens is 119 g/mol. The molecule has 0 heterocycles. The second kappa shape index (κ2) is 2.26. The predicted molar refractivity (Wildman–Crippen MR) is 25.1 cm³/mol. The molecule has 4 heteroatoms. The van der Waals surface area contributed by atoms with Crippen molar-refractivity contribution in [2.75, 3.05) is 12.4 Å². The van der Waals surface area contributed by atoms with Gasteiger partial charge >= 0.3 is 0 Å². The summed E-state index contributed by atoms with van der Waals surface area (Å²) in [4.78, 5) is 0. The van der Waals surface area contributed by atoms with Gasteiger partial charge in [0.15, 0.2) is 9.84 Å². The summed E-state index contributed by atoms with van der Waals surface area (Å²) in [7, 11) is -3.30. The Hall–Kier alpha value is -0.120. The Morgan fingerprint density at radius 1 is 1.57 bits per heavy atom. The van der Waals surface area contributed by atoms with E-state index in [2.05, 4.69) is 6.26 Å². The number of rotatable bonds is 2. The van der Waals surface area contributed by atoms with Crippen molar-refractivity contribution < 1.29 is 12.8 Å². The first-order chi connectivity index (χ1) is 3.06. The molecule has 0 aliphatic rings. The first kappa shape index (κ1) is 6.88. The van der Waals surface area contributed by atoms with Gasteiger partial charge in [-0.25, -0.2) is 12.8 Å². The molecule has 0 saturated carbocycles. The van der Waals surface area contributed by atoms with Crippen molar-refractivity contribution in [3.63, 3.8) is 0 Å². The van der Waals surface area contributed by atoms with Crippen LogP contribution < -0.4 is 0 Å². The third kappa shape index (κ3) is 5.88. The molecular formula is C3H6FO2S. The van der Waals surface area contributed by atoms with Crippen molar-refractivity contribution in [3.05, 3.63) is 6.26 Å². The lowest BCUT2D eigenvalue weighted by Crippen LogP contribution is -2.00. The normalized spacial score (nSPS) is 11.7. The standard InChI is InChI=1S/C3H6FO2S/c1-7(5,6)3-2-4/h1-3H2. The van der Waals surface area contributed by atoms with E-state index in [4.69, 9.17) is 0 Å². The van der Waals surface area contributed by atoms with E-state index in [1.54, 1.807) is 0 Å². The number of hydrogen-bond acceptors (Lipinski definition) is 2. The molecule has 2 nitrogen and oxygen atoms in total. The van der Waals surface area contributed by atoms with E-state index >= 15 is 0 Å². The van der Waals surface area contributed by atoms with Crippen molar-refractivity contribution in [1.29, 1.82) is 0 Å². The average Bonchev–Trinajstić information content (AvgIpc) is 1.30. The van der Waals surface area contributed by atoms with Crippen LogP contribution in [0.3, 0.4) is 0 Å². The average molecular weight is 125 g/mol. The molecule has 0 N–H and O–H groups in total. The van der Waals surface area contributed by atoms with E-state index in [-0.39, 0.29) is 0 Å². The van der Waals surface area contributed by atoms with Gasteiger partial charge in [-0.1, -0.05) is 0 Å². The fraction of sp³-hybridized carbons (Fsp3) is 0.667. The lowest BCUT2D eigenvalue weighted by molar-refractivity contribution is 0.519. The topological polar surface area (TPSA) is 34.1 Å². The van der Waals surface area contributed by atoms with Crippen LogP contribution in [0.15, 0.2) is 0 Å². The van der Waals surface area contributed by atoms with Gasteiger partial charge in [-0.05, 0) is 0 Å². The van der Waals surface area contributed by atoms with Crippen molar-refractivity contribution in [3.8, 4) is 0 Å². The molecule has 7 heavy (non-hydrogen) atoms. The number of sulfone groups is 1. The van der Waals surface area contributed by atoms with E-state index in [1.807, 2.05) is 0 Å². The smallest absolute Gasteiger partial charge is 0.153 e. The molecule has 43 valence electrons. The van der Waals surface area contributed by atoms with Crippen LogP contribution in [0.4, 0.5) is 4.39 Å². The van der Waals surface area contributed by atoms with Crippen molar-refractivity contribution >= 4 is 9.84 Å². The van der Waals surface area contributed by atoms with Gasteiger partial charge in [0.25, 0.3) is 0 Å². The highest BCUT2D eigenvalue weighted by atomic mass is 32.2. The largest absolute Gasteiger partial charge is 0.250 e. The van der Waals surface area contributed by atoms with Crippen LogP contribution in [-0.2, 0) is 9.84 Å². The minimum absolute atomic E-state index is 0.465. The van der Waals surface area contributed by atoms with Gasteiger partial charge < -0.3 is 0 Å². The summed E-state index contributed by atoms with van der Waals surface area (Å²) < 4.78 is 30.8. The van der Waals surface area contributed by atoms with E-state index in [1.165, 1.54) is 0 Å². The molecule has 0 aromatic heterocycles. The Balaban J connectivity index is 3.60. The van der Waals surface area contributed by atoms with Crippen LogP contribution in [0.1, 0.15) is 0 Å². The highest BCUT2D eigenvalue weighted by Gasteiger charge is 1.98. The van der Waals surface area contributed by atoms with Gasteiger partial charge in [-0.15, -0.1) is 0 Å². The molecule has 0 bridgehead atoms. The number of hydrogen-bond donors (Lipinski definition) is 0. The zero-order valence-corrected chi connectivity index (χ0v) is 4.54. The quantitative estimate of drug-likeness (QED) is 0.527. The Morgan fingerprint density at radius 3 is 2.00 bits per heavy atom. The maximum absolute atomic E-state index is 11.1. The van der Waals surface area contributed by atoms with Gasteiger partial charge in [-0.2, -0.15) is 0 Å².